The maximum Gasteiger partial charge on any atom is 0.416 e. The number of halogens is 6. The maximum absolute atomic E-state index is 14.1. The Balaban J connectivity index is 2.55. The van der Waals surface area contributed by atoms with Gasteiger partial charge in [0.15, 0.2) is 34.5 Å². The molecule has 2 rings (SSSR count). The minimum absolute atomic E-state index is 0.0315. The number of aryl methyl sites for hydroxylation is 1. The predicted octanol–water partition coefficient (Wildman–Crippen LogP) is 5.64. The number of hydrogen-bond donors (Lipinski definition) is 1. The van der Waals surface area contributed by atoms with Gasteiger partial charge in [-0.3, -0.25) is 5.32 Å². The van der Waals surface area contributed by atoms with Crippen molar-refractivity contribution in [2.24, 2.45) is 4.99 Å². The second kappa shape index (κ2) is 8.43. The molecular formula is C17H11F6N3OS. The molecule has 0 aliphatic rings. The monoisotopic (exact) mass is 419 g/mol. The van der Waals surface area contributed by atoms with Crippen molar-refractivity contribution in [3.05, 3.63) is 52.8 Å². The van der Waals surface area contributed by atoms with Crippen molar-refractivity contribution in [1.29, 1.82) is 5.26 Å². The number of ether oxygens (including phenoxy) is 1. The van der Waals surface area contributed by atoms with Gasteiger partial charge in [0.2, 0.25) is 0 Å². The normalized spacial score (nSPS) is 11.9. The first kappa shape index (κ1) is 21.4. The third-order valence-corrected chi connectivity index (χ3v) is 3.94. The lowest BCUT2D eigenvalue weighted by Gasteiger charge is -2.14. The molecule has 4 nitrogen and oxygen atoms in total. The van der Waals surface area contributed by atoms with Crippen LogP contribution in [-0.2, 0) is 6.18 Å². The van der Waals surface area contributed by atoms with Crippen LogP contribution in [0.3, 0.4) is 0 Å². The van der Waals surface area contributed by atoms with Gasteiger partial charge >= 0.3 is 6.18 Å². The van der Waals surface area contributed by atoms with Crippen LogP contribution in [0, 0.1) is 35.8 Å². The summed E-state index contributed by atoms with van der Waals surface area (Å²) in [5.74, 6) is -5.32. The third-order valence-electron chi connectivity index (χ3n) is 3.36. The van der Waals surface area contributed by atoms with E-state index in [4.69, 9.17) is 10.00 Å². The first-order valence-electron chi connectivity index (χ1n) is 7.38. The molecule has 1 N–H and O–H groups in total. The summed E-state index contributed by atoms with van der Waals surface area (Å²) < 4.78 is 85.0. The molecule has 0 spiro atoms. The van der Waals surface area contributed by atoms with Gasteiger partial charge < -0.3 is 4.74 Å². The second-order valence-corrected chi connectivity index (χ2v) is 6.09. The number of rotatable bonds is 3. The Hall–Kier alpha value is -2.87. The lowest BCUT2D eigenvalue weighted by molar-refractivity contribution is -0.138. The fourth-order valence-electron chi connectivity index (χ4n) is 2.03. The Kier molecular flexibility index (Phi) is 6.45. The van der Waals surface area contributed by atoms with Crippen LogP contribution in [0.5, 0.6) is 11.5 Å². The van der Waals surface area contributed by atoms with Gasteiger partial charge in [-0.2, -0.15) is 18.4 Å². The molecule has 0 radical (unpaired) electrons. The zero-order valence-electron chi connectivity index (χ0n) is 14.3. The molecule has 0 fully saturated rings. The Morgan fingerprint density at radius 3 is 2.21 bits per heavy atom. The summed E-state index contributed by atoms with van der Waals surface area (Å²) in [6, 6.07) is 2.15. The Morgan fingerprint density at radius 1 is 1.11 bits per heavy atom. The van der Waals surface area contributed by atoms with Crippen LogP contribution < -0.4 is 10.1 Å². The fourth-order valence-corrected chi connectivity index (χ4v) is 2.36. The largest absolute Gasteiger partial charge is 0.449 e. The van der Waals surface area contributed by atoms with E-state index < -0.39 is 34.9 Å². The summed E-state index contributed by atoms with van der Waals surface area (Å²) in [5.41, 5.74) is -1.71. The zero-order chi connectivity index (χ0) is 21.1. The summed E-state index contributed by atoms with van der Waals surface area (Å²) in [5, 5.41) is 10.9. The number of hydrogen-bond acceptors (Lipinski definition) is 4. The highest BCUT2D eigenvalue weighted by molar-refractivity contribution is 8.13. The summed E-state index contributed by atoms with van der Waals surface area (Å²) in [7, 11) is 0. The van der Waals surface area contributed by atoms with E-state index in [1.165, 1.54) is 6.92 Å². The van der Waals surface area contributed by atoms with Crippen LogP contribution in [-0.4, -0.2) is 11.4 Å². The van der Waals surface area contributed by atoms with Crippen molar-refractivity contribution in [3.63, 3.8) is 0 Å². The van der Waals surface area contributed by atoms with Crippen LogP contribution in [0.25, 0.3) is 0 Å². The van der Waals surface area contributed by atoms with Crippen molar-refractivity contribution in [3.8, 4) is 17.7 Å². The quantitative estimate of drug-likeness (QED) is 0.230. The minimum Gasteiger partial charge on any atom is -0.449 e. The number of thioether (sulfide) groups is 1. The van der Waals surface area contributed by atoms with Crippen LogP contribution in [0.15, 0.2) is 29.3 Å². The smallest absolute Gasteiger partial charge is 0.416 e. The van der Waals surface area contributed by atoms with Gasteiger partial charge in [0.25, 0.3) is 0 Å². The molecule has 0 saturated heterocycles. The van der Waals surface area contributed by atoms with E-state index in [0.29, 0.717) is 0 Å². The van der Waals surface area contributed by atoms with Crippen molar-refractivity contribution < 1.29 is 31.1 Å². The average molecular weight is 419 g/mol. The van der Waals surface area contributed by atoms with Crippen molar-refractivity contribution in [2.45, 2.75) is 13.1 Å². The lowest BCUT2D eigenvalue weighted by Crippen LogP contribution is -2.12. The second-order valence-electron chi connectivity index (χ2n) is 5.30. The molecule has 0 bridgehead atoms. The van der Waals surface area contributed by atoms with E-state index in [2.05, 4.69) is 10.3 Å². The summed E-state index contributed by atoms with van der Waals surface area (Å²) in [6.45, 7) is 1.35. The Bertz CT molecular complexity index is 946. The molecule has 0 aliphatic carbocycles. The molecule has 0 heterocycles. The Labute approximate surface area is 159 Å². The molecule has 0 aliphatic heterocycles. The molecule has 0 atom stereocenters. The summed E-state index contributed by atoms with van der Waals surface area (Å²) in [6.07, 6.45) is -1.78. The molecule has 0 amide bonds. The third kappa shape index (κ3) is 4.89. The van der Waals surface area contributed by atoms with Crippen molar-refractivity contribution in [1.82, 2.24) is 5.32 Å². The number of aliphatic imine (C=N–C) groups is 1. The van der Waals surface area contributed by atoms with Crippen LogP contribution >= 0.6 is 11.8 Å². The van der Waals surface area contributed by atoms with Crippen LogP contribution in [0.1, 0.15) is 11.1 Å². The first-order chi connectivity index (χ1) is 13.1. The molecule has 11 heteroatoms. The average Bonchev–Trinajstić information content (AvgIpc) is 2.60. The highest BCUT2D eigenvalue weighted by atomic mass is 32.2. The van der Waals surface area contributed by atoms with Gasteiger partial charge in [-0.25, -0.2) is 18.2 Å². The predicted molar refractivity (Wildman–Crippen MR) is 91.9 cm³/mol. The maximum atomic E-state index is 14.1. The number of nitrogens with one attached hydrogen (secondary N) is 1. The van der Waals surface area contributed by atoms with E-state index in [9.17, 15) is 26.3 Å². The molecule has 0 unspecified atom stereocenters. The standard InChI is InChI=1S/C17H11F6N3OS/c1-8-3-14(13(6-10(8)18)26-16(28-2)25-7-24)27-15-11(19)4-9(5-12(15)20)17(21,22)23/h3-6H,1-2H3,(H,25,26). The molecule has 0 saturated carbocycles. The molecule has 0 aromatic heterocycles. The van der Waals surface area contributed by atoms with Gasteiger partial charge in [0, 0.05) is 6.07 Å². The van der Waals surface area contributed by atoms with Gasteiger partial charge in [0.05, 0.1) is 5.56 Å². The van der Waals surface area contributed by atoms with Gasteiger partial charge in [-0.05, 0) is 36.9 Å². The van der Waals surface area contributed by atoms with E-state index in [0.717, 1.165) is 23.9 Å². The summed E-state index contributed by atoms with van der Waals surface area (Å²) in [4.78, 5) is 3.94. The number of nitrogens with zero attached hydrogens (tertiary/aromatic N) is 2. The van der Waals surface area contributed by atoms with Crippen molar-refractivity contribution >= 4 is 22.6 Å². The highest BCUT2D eigenvalue weighted by Crippen LogP contribution is 2.39. The van der Waals surface area contributed by atoms with E-state index in [-0.39, 0.29) is 34.3 Å². The number of nitriles is 1. The Morgan fingerprint density at radius 2 is 1.71 bits per heavy atom. The van der Waals surface area contributed by atoms with Gasteiger partial charge in [0.1, 0.15) is 11.5 Å². The SMILES string of the molecule is CSC(=Nc1cc(F)c(C)cc1Oc1c(F)cc(C(F)(F)F)cc1F)NC#N. The number of amidine groups is 1. The van der Waals surface area contributed by atoms with E-state index in [1.807, 2.05) is 0 Å². The van der Waals surface area contributed by atoms with E-state index in [1.54, 1.807) is 12.4 Å². The van der Waals surface area contributed by atoms with Crippen LogP contribution in [0.2, 0.25) is 0 Å². The number of benzene rings is 2. The molecular weight excluding hydrogens is 408 g/mol. The molecule has 2 aromatic rings. The first-order valence-corrected chi connectivity index (χ1v) is 8.61. The van der Waals surface area contributed by atoms with Gasteiger partial charge in [-0.1, -0.05) is 11.8 Å². The zero-order valence-corrected chi connectivity index (χ0v) is 15.1. The molecule has 148 valence electrons. The molecule has 2 aromatic carbocycles. The minimum atomic E-state index is -4.95. The topological polar surface area (TPSA) is 57.4 Å². The molecule has 28 heavy (non-hydrogen) atoms. The highest BCUT2D eigenvalue weighted by Gasteiger charge is 2.33. The van der Waals surface area contributed by atoms with E-state index >= 15 is 0 Å². The van der Waals surface area contributed by atoms with Crippen LogP contribution in [0.4, 0.5) is 32.0 Å². The fraction of sp³-hybridized carbons (Fsp3) is 0.176. The van der Waals surface area contributed by atoms with Gasteiger partial charge in [-0.15, -0.1) is 0 Å². The number of alkyl halides is 3. The van der Waals surface area contributed by atoms with Crippen molar-refractivity contribution in [2.75, 3.05) is 6.26 Å². The lowest BCUT2D eigenvalue weighted by atomic mass is 10.1. The summed E-state index contributed by atoms with van der Waals surface area (Å²) >= 11 is 0.991.